The van der Waals surface area contributed by atoms with Crippen molar-refractivity contribution in [2.75, 3.05) is 10.6 Å². The van der Waals surface area contributed by atoms with Crippen LogP contribution in [0.25, 0.3) is 0 Å². The molecule has 0 heterocycles. The lowest BCUT2D eigenvalue weighted by Crippen LogP contribution is -2.29. The molecule has 0 spiro atoms. The van der Waals surface area contributed by atoms with Gasteiger partial charge in [0.2, 0.25) is 0 Å². The number of nitrogens with one attached hydrogen (secondary N) is 2. The Hall–Kier alpha value is -2.54. The number of rotatable bonds is 2. The number of alkyl halides is 3. The molecule has 2 rings (SSSR count). The van der Waals surface area contributed by atoms with Gasteiger partial charge in [0.05, 0.1) is 5.56 Å². The number of halogens is 4. The summed E-state index contributed by atoms with van der Waals surface area (Å²) in [5.41, 5.74) is -0.719. The summed E-state index contributed by atoms with van der Waals surface area (Å²) in [5, 5.41) is 4.87. The third-order valence-corrected chi connectivity index (χ3v) is 3.01. The first-order valence-corrected chi connectivity index (χ1v) is 6.68. The third kappa shape index (κ3) is 4.72. The summed E-state index contributed by atoms with van der Waals surface area (Å²) >= 11 is 5.69. The van der Waals surface area contributed by atoms with E-state index in [4.69, 9.17) is 11.6 Å². The maximum Gasteiger partial charge on any atom is 0.416 e. The Morgan fingerprint density at radius 1 is 0.870 bits per heavy atom. The molecule has 0 radical (unpaired) electrons. The fourth-order valence-corrected chi connectivity index (χ4v) is 1.81. The fourth-order valence-electron chi connectivity index (χ4n) is 1.68. The number of carbonyl (C=O) groups excluding carboxylic acids is 2. The van der Waals surface area contributed by atoms with E-state index >= 15 is 0 Å². The molecule has 2 N–H and O–H groups in total. The van der Waals surface area contributed by atoms with Crippen LogP contribution < -0.4 is 10.6 Å². The zero-order valence-corrected chi connectivity index (χ0v) is 12.2. The Kier molecular flexibility index (Phi) is 4.90. The number of anilines is 2. The second kappa shape index (κ2) is 6.70. The van der Waals surface area contributed by atoms with Crippen LogP contribution >= 0.6 is 11.6 Å². The van der Waals surface area contributed by atoms with E-state index in [0.29, 0.717) is 10.7 Å². The van der Waals surface area contributed by atoms with Gasteiger partial charge in [-0.05, 0) is 42.5 Å². The van der Waals surface area contributed by atoms with Gasteiger partial charge in [-0.3, -0.25) is 9.59 Å². The molecular weight excluding hydrogens is 333 g/mol. The minimum absolute atomic E-state index is 0.129. The molecule has 2 aromatic rings. The zero-order valence-electron chi connectivity index (χ0n) is 11.4. The lowest BCUT2D eigenvalue weighted by molar-refractivity contribution is -0.137. The van der Waals surface area contributed by atoms with Gasteiger partial charge < -0.3 is 10.6 Å². The van der Waals surface area contributed by atoms with Gasteiger partial charge in [-0.2, -0.15) is 13.2 Å². The van der Waals surface area contributed by atoms with Crippen LogP contribution in [0.15, 0.2) is 48.5 Å². The van der Waals surface area contributed by atoms with Crippen LogP contribution in [0.4, 0.5) is 24.5 Å². The smallest absolute Gasteiger partial charge is 0.318 e. The molecule has 2 aromatic carbocycles. The van der Waals surface area contributed by atoms with E-state index < -0.39 is 23.6 Å². The van der Waals surface area contributed by atoms with E-state index in [9.17, 15) is 22.8 Å². The molecule has 0 atom stereocenters. The Morgan fingerprint density at radius 3 is 2.00 bits per heavy atom. The van der Waals surface area contributed by atoms with Crippen LogP contribution in [0.5, 0.6) is 0 Å². The average molecular weight is 343 g/mol. The Morgan fingerprint density at radius 2 is 1.43 bits per heavy atom. The highest BCUT2D eigenvalue weighted by Gasteiger charge is 2.30. The van der Waals surface area contributed by atoms with E-state index in [-0.39, 0.29) is 5.69 Å². The summed E-state index contributed by atoms with van der Waals surface area (Å²) in [5.74, 6) is -2.09. The standard InChI is InChI=1S/C15H10ClF3N2O2/c16-10-4-6-11(7-5-10)20-13(22)14(23)21-12-3-1-2-9(8-12)15(17,18)19/h1-8H,(H,20,22)(H,21,23). The molecule has 0 aliphatic rings. The molecule has 0 aromatic heterocycles. The van der Waals surface area contributed by atoms with Crippen LogP contribution in [0.2, 0.25) is 5.02 Å². The number of hydrogen-bond donors (Lipinski definition) is 2. The van der Waals surface area contributed by atoms with E-state index in [2.05, 4.69) is 10.6 Å². The molecule has 0 saturated heterocycles. The first-order valence-electron chi connectivity index (χ1n) is 6.31. The van der Waals surface area contributed by atoms with Gasteiger partial charge in [0.15, 0.2) is 0 Å². The molecule has 8 heteroatoms. The monoisotopic (exact) mass is 342 g/mol. The normalized spacial score (nSPS) is 11.0. The van der Waals surface area contributed by atoms with Gasteiger partial charge in [-0.15, -0.1) is 0 Å². The summed E-state index contributed by atoms with van der Waals surface area (Å²) < 4.78 is 37.7. The molecule has 0 unspecified atom stereocenters. The highest BCUT2D eigenvalue weighted by atomic mass is 35.5. The lowest BCUT2D eigenvalue weighted by Gasteiger charge is -2.10. The van der Waals surface area contributed by atoms with Crippen molar-refractivity contribution in [1.82, 2.24) is 0 Å². The molecule has 0 aliphatic heterocycles. The zero-order chi connectivity index (χ0) is 17.0. The lowest BCUT2D eigenvalue weighted by atomic mass is 10.2. The number of benzene rings is 2. The Balaban J connectivity index is 2.04. The van der Waals surface area contributed by atoms with Crippen molar-refractivity contribution in [1.29, 1.82) is 0 Å². The molecule has 2 amide bonds. The molecular formula is C15H10ClF3N2O2. The largest absolute Gasteiger partial charge is 0.416 e. The quantitative estimate of drug-likeness (QED) is 0.812. The Bertz CT molecular complexity index is 730. The summed E-state index contributed by atoms with van der Waals surface area (Å²) in [6.07, 6.45) is -4.54. The van der Waals surface area contributed by atoms with Crippen LogP contribution in [-0.4, -0.2) is 11.8 Å². The second-order valence-electron chi connectivity index (χ2n) is 4.49. The van der Waals surface area contributed by atoms with Crippen molar-refractivity contribution in [3.8, 4) is 0 Å². The predicted octanol–water partition coefficient (Wildman–Crippen LogP) is 3.94. The second-order valence-corrected chi connectivity index (χ2v) is 4.93. The minimum Gasteiger partial charge on any atom is -0.318 e. The molecule has 4 nitrogen and oxygen atoms in total. The number of carbonyl (C=O) groups is 2. The van der Waals surface area contributed by atoms with Crippen molar-refractivity contribution >= 4 is 34.8 Å². The topological polar surface area (TPSA) is 58.2 Å². The molecule has 0 fully saturated rings. The SMILES string of the molecule is O=C(Nc1ccc(Cl)cc1)C(=O)Nc1cccc(C(F)(F)F)c1. The summed E-state index contributed by atoms with van der Waals surface area (Å²) in [6.45, 7) is 0. The number of amides is 2. The van der Waals surface area contributed by atoms with Gasteiger partial charge in [-0.1, -0.05) is 17.7 Å². The van der Waals surface area contributed by atoms with Gasteiger partial charge in [0.25, 0.3) is 0 Å². The highest BCUT2D eigenvalue weighted by Crippen LogP contribution is 2.30. The van der Waals surface area contributed by atoms with Crippen molar-refractivity contribution in [2.24, 2.45) is 0 Å². The van der Waals surface area contributed by atoms with Crippen molar-refractivity contribution in [3.63, 3.8) is 0 Å². The molecule has 0 bridgehead atoms. The summed E-state index contributed by atoms with van der Waals surface area (Å²) in [6, 6.07) is 9.99. The van der Waals surface area contributed by atoms with Gasteiger partial charge >= 0.3 is 18.0 Å². The average Bonchev–Trinajstić information content (AvgIpc) is 2.49. The van der Waals surface area contributed by atoms with Crippen LogP contribution in [0, 0.1) is 0 Å². The highest BCUT2D eigenvalue weighted by molar-refractivity contribution is 6.43. The first kappa shape index (κ1) is 16.8. The van der Waals surface area contributed by atoms with Crippen molar-refractivity contribution in [3.05, 3.63) is 59.1 Å². The third-order valence-electron chi connectivity index (χ3n) is 2.76. The van der Waals surface area contributed by atoms with Gasteiger partial charge in [0, 0.05) is 16.4 Å². The van der Waals surface area contributed by atoms with E-state index in [0.717, 1.165) is 18.2 Å². The molecule has 0 aliphatic carbocycles. The first-order chi connectivity index (χ1) is 10.8. The van der Waals surface area contributed by atoms with Crippen LogP contribution in [0.3, 0.4) is 0 Å². The maximum atomic E-state index is 12.6. The predicted molar refractivity (Wildman–Crippen MR) is 80.2 cm³/mol. The van der Waals surface area contributed by atoms with Crippen molar-refractivity contribution < 1.29 is 22.8 Å². The van der Waals surface area contributed by atoms with Gasteiger partial charge in [-0.25, -0.2) is 0 Å². The van der Waals surface area contributed by atoms with E-state index in [1.165, 1.54) is 30.3 Å². The summed E-state index contributed by atoms with van der Waals surface area (Å²) in [7, 11) is 0. The maximum absolute atomic E-state index is 12.6. The molecule has 23 heavy (non-hydrogen) atoms. The van der Waals surface area contributed by atoms with E-state index in [1.54, 1.807) is 0 Å². The molecule has 120 valence electrons. The van der Waals surface area contributed by atoms with Crippen LogP contribution in [-0.2, 0) is 15.8 Å². The van der Waals surface area contributed by atoms with Gasteiger partial charge in [0.1, 0.15) is 0 Å². The molecule has 0 saturated carbocycles. The van der Waals surface area contributed by atoms with Crippen molar-refractivity contribution in [2.45, 2.75) is 6.18 Å². The Labute approximate surface area is 134 Å². The van der Waals surface area contributed by atoms with E-state index in [1.807, 2.05) is 0 Å². The van der Waals surface area contributed by atoms with Crippen LogP contribution in [0.1, 0.15) is 5.56 Å². The summed E-state index contributed by atoms with van der Waals surface area (Å²) in [4.78, 5) is 23.4. The fraction of sp³-hybridized carbons (Fsp3) is 0.0667. The number of hydrogen-bond acceptors (Lipinski definition) is 2. The minimum atomic E-state index is -4.54.